The number of aromatic nitrogens is 3. The minimum atomic E-state index is 0.480. The maximum atomic E-state index is 6.16. The van der Waals surface area contributed by atoms with Gasteiger partial charge in [-0.25, -0.2) is 4.98 Å². The lowest BCUT2D eigenvalue weighted by molar-refractivity contribution is 0.416. The second-order valence-corrected chi connectivity index (χ2v) is 6.23. The van der Waals surface area contributed by atoms with Crippen LogP contribution < -0.4 is 15.4 Å². The Morgan fingerprint density at radius 1 is 1.12 bits per heavy atom. The third-order valence-corrected chi connectivity index (χ3v) is 4.17. The number of nitrogens with one attached hydrogen (secondary N) is 2. The molecule has 0 saturated heterocycles. The highest BCUT2D eigenvalue weighted by atomic mass is 35.5. The maximum Gasteiger partial charge on any atom is 0.229 e. The van der Waals surface area contributed by atoms with Crippen molar-refractivity contribution in [3.63, 3.8) is 0 Å². The van der Waals surface area contributed by atoms with Gasteiger partial charge in [0.1, 0.15) is 11.6 Å². The Morgan fingerprint density at radius 3 is 2.69 bits per heavy atom. The fraction of sp³-hybridized carbons (Fsp3) is 0.211. The van der Waals surface area contributed by atoms with Gasteiger partial charge in [0.25, 0.3) is 0 Å². The molecule has 6 nitrogen and oxygen atoms in total. The summed E-state index contributed by atoms with van der Waals surface area (Å²) in [5.41, 5.74) is 3.48. The summed E-state index contributed by atoms with van der Waals surface area (Å²) in [6, 6.07) is 11.4. The van der Waals surface area contributed by atoms with Gasteiger partial charge in [-0.2, -0.15) is 4.98 Å². The lowest BCUT2D eigenvalue weighted by atomic mass is 10.2. The fourth-order valence-electron chi connectivity index (χ4n) is 2.45. The van der Waals surface area contributed by atoms with Gasteiger partial charge in [-0.05, 0) is 37.6 Å². The van der Waals surface area contributed by atoms with E-state index >= 15 is 0 Å². The number of benzene rings is 1. The number of nitrogens with zero attached hydrogens (tertiary/aromatic N) is 3. The maximum absolute atomic E-state index is 6.16. The summed E-state index contributed by atoms with van der Waals surface area (Å²) in [6.45, 7) is 4.44. The molecule has 3 rings (SSSR count). The van der Waals surface area contributed by atoms with E-state index in [9.17, 15) is 0 Å². The van der Waals surface area contributed by atoms with E-state index in [0.717, 1.165) is 28.5 Å². The summed E-state index contributed by atoms with van der Waals surface area (Å²) in [5.74, 6) is 1.83. The zero-order valence-corrected chi connectivity index (χ0v) is 15.6. The molecule has 0 saturated carbocycles. The Kier molecular flexibility index (Phi) is 5.53. The van der Waals surface area contributed by atoms with Gasteiger partial charge in [-0.3, -0.25) is 4.98 Å². The van der Waals surface area contributed by atoms with Crippen molar-refractivity contribution in [1.82, 2.24) is 15.0 Å². The van der Waals surface area contributed by atoms with Crippen molar-refractivity contribution < 1.29 is 4.74 Å². The summed E-state index contributed by atoms with van der Waals surface area (Å²) in [7, 11) is 1.60. The first kappa shape index (κ1) is 17.9. The van der Waals surface area contributed by atoms with Crippen LogP contribution in [0, 0.1) is 13.8 Å². The predicted octanol–water partition coefficient (Wildman–Crippen LogP) is 4.51. The summed E-state index contributed by atoms with van der Waals surface area (Å²) < 4.78 is 5.39. The second kappa shape index (κ2) is 8.01. The number of pyridine rings is 1. The van der Waals surface area contributed by atoms with Gasteiger partial charge in [0.2, 0.25) is 5.95 Å². The first-order valence-electron chi connectivity index (χ1n) is 8.16. The van der Waals surface area contributed by atoms with Gasteiger partial charge in [-0.1, -0.05) is 17.7 Å². The molecule has 0 fully saturated rings. The molecule has 0 aliphatic carbocycles. The highest BCUT2D eigenvalue weighted by Crippen LogP contribution is 2.32. The van der Waals surface area contributed by atoms with E-state index in [1.165, 1.54) is 0 Å². The Bertz CT molecular complexity index is 902. The predicted molar refractivity (Wildman–Crippen MR) is 104 cm³/mol. The van der Waals surface area contributed by atoms with Gasteiger partial charge >= 0.3 is 0 Å². The number of halogens is 1. The summed E-state index contributed by atoms with van der Waals surface area (Å²) in [4.78, 5) is 13.3. The molecular formula is C19H20ClN5O. The first-order chi connectivity index (χ1) is 12.5. The van der Waals surface area contributed by atoms with Crippen molar-refractivity contribution in [1.29, 1.82) is 0 Å². The number of anilines is 3. The first-order valence-corrected chi connectivity index (χ1v) is 8.53. The van der Waals surface area contributed by atoms with E-state index in [2.05, 4.69) is 25.6 Å². The van der Waals surface area contributed by atoms with Gasteiger partial charge in [0, 0.05) is 29.0 Å². The summed E-state index contributed by atoms with van der Waals surface area (Å²) in [6.07, 6.45) is 1.77. The molecule has 2 N–H and O–H groups in total. The van der Waals surface area contributed by atoms with Crippen molar-refractivity contribution in [2.45, 2.75) is 20.4 Å². The summed E-state index contributed by atoms with van der Waals surface area (Å²) in [5, 5.41) is 7.13. The van der Waals surface area contributed by atoms with Crippen LogP contribution in [0.15, 0.2) is 42.6 Å². The minimum Gasteiger partial charge on any atom is -0.495 e. The number of ether oxygens (including phenoxy) is 1. The highest BCUT2D eigenvalue weighted by Gasteiger charge is 2.10. The monoisotopic (exact) mass is 369 g/mol. The topological polar surface area (TPSA) is 72.0 Å². The molecule has 0 atom stereocenters. The molecule has 0 unspecified atom stereocenters. The van der Waals surface area contributed by atoms with E-state index < -0.39 is 0 Å². The molecule has 0 bridgehead atoms. The molecule has 0 aliphatic heterocycles. The van der Waals surface area contributed by atoms with E-state index in [4.69, 9.17) is 16.3 Å². The largest absolute Gasteiger partial charge is 0.495 e. The van der Waals surface area contributed by atoms with Crippen LogP contribution >= 0.6 is 11.6 Å². The van der Waals surface area contributed by atoms with Crippen LogP contribution in [0.5, 0.6) is 5.75 Å². The van der Waals surface area contributed by atoms with Gasteiger partial charge < -0.3 is 15.4 Å². The molecule has 3 aromatic rings. The Labute approximate surface area is 157 Å². The van der Waals surface area contributed by atoms with Gasteiger partial charge in [0.15, 0.2) is 0 Å². The van der Waals surface area contributed by atoms with E-state index in [-0.39, 0.29) is 0 Å². The number of methoxy groups -OCH3 is 1. The van der Waals surface area contributed by atoms with Crippen molar-refractivity contribution >= 4 is 29.1 Å². The Hall–Kier alpha value is -2.86. The third kappa shape index (κ3) is 4.40. The van der Waals surface area contributed by atoms with Crippen molar-refractivity contribution in [2.24, 2.45) is 0 Å². The van der Waals surface area contributed by atoms with Crippen LogP contribution in [0.4, 0.5) is 17.5 Å². The lowest BCUT2D eigenvalue weighted by Gasteiger charge is -2.13. The van der Waals surface area contributed by atoms with Crippen LogP contribution in [-0.2, 0) is 6.54 Å². The molecule has 134 valence electrons. The van der Waals surface area contributed by atoms with Crippen molar-refractivity contribution in [3.8, 4) is 5.75 Å². The molecule has 0 aliphatic rings. The van der Waals surface area contributed by atoms with E-state index in [1.54, 1.807) is 19.4 Å². The van der Waals surface area contributed by atoms with E-state index in [1.807, 2.05) is 44.2 Å². The number of rotatable bonds is 6. The molecule has 1 aromatic carbocycles. The standard InChI is InChI=1S/C19H20ClN5O/c1-12-8-16(17(26-3)10-15(12)20)24-19-23-13(2)9-18(25-19)22-11-14-6-4-5-7-21-14/h4-10H,11H2,1-3H3,(H2,22,23,24,25). The third-order valence-electron chi connectivity index (χ3n) is 3.76. The molecule has 2 heterocycles. The molecule has 0 amide bonds. The minimum absolute atomic E-state index is 0.480. The molecule has 7 heteroatoms. The Morgan fingerprint density at radius 2 is 1.96 bits per heavy atom. The van der Waals surface area contributed by atoms with Crippen molar-refractivity contribution in [3.05, 3.63) is 64.6 Å². The van der Waals surface area contributed by atoms with Crippen LogP contribution in [0.3, 0.4) is 0 Å². The normalized spacial score (nSPS) is 10.5. The van der Waals surface area contributed by atoms with Crippen LogP contribution in [0.25, 0.3) is 0 Å². The summed E-state index contributed by atoms with van der Waals surface area (Å²) >= 11 is 6.16. The SMILES string of the molecule is COc1cc(Cl)c(C)cc1Nc1nc(C)cc(NCc2ccccn2)n1. The second-order valence-electron chi connectivity index (χ2n) is 5.82. The number of hydrogen-bond acceptors (Lipinski definition) is 6. The average molecular weight is 370 g/mol. The molecule has 0 spiro atoms. The lowest BCUT2D eigenvalue weighted by Crippen LogP contribution is -2.07. The van der Waals surface area contributed by atoms with Crippen LogP contribution in [0.1, 0.15) is 17.0 Å². The van der Waals surface area contributed by atoms with E-state index in [0.29, 0.717) is 23.3 Å². The smallest absolute Gasteiger partial charge is 0.229 e. The fourth-order valence-corrected chi connectivity index (χ4v) is 2.60. The Balaban J connectivity index is 1.81. The molecule has 26 heavy (non-hydrogen) atoms. The van der Waals surface area contributed by atoms with Gasteiger partial charge in [0.05, 0.1) is 25.0 Å². The molecule has 2 aromatic heterocycles. The highest BCUT2D eigenvalue weighted by molar-refractivity contribution is 6.31. The number of hydrogen-bond donors (Lipinski definition) is 2. The zero-order chi connectivity index (χ0) is 18.5. The molecular weight excluding hydrogens is 350 g/mol. The average Bonchev–Trinajstić information content (AvgIpc) is 2.63. The number of aryl methyl sites for hydroxylation is 2. The van der Waals surface area contributed by atoms with Gasteiger partial charge in [-0.15, -0.1) is 0 Å². The van der Waals surface area contributed by atoms with Crippen LogP contribution in [-0.4, -0.2) is 22.1 Å². The molecule has 0 radical (unpaired) electrons. The van der Waals surface area contributed by atoms with Crippen molar-refractivity contribution in [2.75, 3.05) is 17.7 Å². The van der Waals surface area contributed by atoms with Crippen LogP contribution in [0.2, 0.25) is 5.02 Å². The zero-order valence-electron chi connectivity index (χ0n) is 14.9. The quantitative estimate of drug-likeness (QED) is 0.666.